The van der Waals surface area contributed by atoms with Gasteiger partial charge in [-0.15, -0.1) is 0 Å². The van der Waals surface area contributed by atoms with E-state index >= 15 is 0 Å². The van der Waals surface area contributed by atoms with Crippen molar-refractivity contribution in [2.75, 3.05) is 10.0 Å². The number of aryl methyl sites for hydroxylation is 1. The molecule has 1 aromatic carbocycles. The number of hydrogen-bond donors (Lipinski definition) is 2. The van der Waals surface area contributed by atoms with Crippen LogP contribution < -0.4 is 10.0 Å². The summed E-state index contributed by atoms with van der Waals surface area (Å²) in [5, 5.41) is 2.04. The molecule has 9 heteroatoms. The van der Waals surface area contributed by atoms with E-state index in [1.165, 1.54) is 22.9 Å². The zero-order chi connectivity index (χ0) is 18.9. The van der Waals surface area contributed by atoms with Gasteiger partial charge in [-0.1, -0.05) is 12.8 Å². The summed E-state index contributed by atoms with van der Waals surface area (Å²) in [7, 11) is -1.91. The molecule has 3 rings (SSSR count). The van der Waals surface area contributed by atoms with Gasteiger partial charge in [0.15, 0.2) is 11.6 Å². The molecule has 1 saturated carbocycles. The van der Waals surface area contributed by atoms with Crippen molar-refractivity contribution in [3.05, 3.63) is 47.8 Å². The van der Waals surface area contributed by atoms with Gasteiger partial charge in [-0.3, -0.25) is 9.52 Å². The van der Waals surface area contributed by atoms with Gasteiger partial charge in [0.2, 0.25) is 10.0 Å². The third-order valence-electron chi connectivity index (χ3n) is 4.42. The SMILES string of the molecule is Cn1cc(NS(=O)(=O)C2CCCC2)cc1C(=O)Nc1ccc(F)c(F)c1. The minimum absolute atomic E-state index is 0.100. The van der Waals surface area contributed by atoms with Crippen molar-refractivity contribution in [3.8, 4) is 0 Å². The predicted molar refractivity (Wildman–Crippen MR) is 94.5 cm³/mol. The monoisotopic (exact) mass is 383 g/mol. The maximum absolute atomic E-state index is 13.2. The summed E-state index contributed by atoms with van der Waals surface area (Å²) in [6.07, 6.45) is 4.54. The number of nitrogens with one attached hydrogen (secondary N) is 2. The molecule has 26 heavy (non-hydrogen) atoms. The number of anilines is 2. The summed E-state index contributed by atoms with van der Waals surface area (Å²) in [4.78, 5) is 12.3. The van der Waals surface area contributed by atoms with E-state index in [9.17, 15) is 22.0 Å². The van der Waals surface area contributed by atoms with Crippen molar-refractivity contribution in [1.82, 2.24) is 4.57 Å². The zero-order valence-electron chi connectivity index (χ0n) is 14.1. The highest BCUT2D eigenvalue weighted by molar-refractivity contribution is 7.93. The average Bonchev–Trinajstić information content (AvgIpc) is 3.21. The average molecular weight is 383 g/mol. The van der Waals surface area contributed by atoms with Gasteiger partial charge < -0.3 is 9.88 Å². The Morgan fingerprint density at radius 3 is 2.46 bits per heavy atom. The predicted octanol–water partition coefficient (Wildman–Crippen LogP) is 3.24. The molecule has 0 aliphatic heterocycles. The van der Waals surface area contributed by atoms with Crippen LogP contribution in [0.25, 0.3) is 0 Å². The molecule has 1 amide bonds. The second-order valence-corrected chi connectivity index (χ2v) is 8.32. The lowest BCUT2D eigenvalue weighted by Gasteiger charge is -2.11. The van der Waals surface area contributed by atoms with Gasteiger partial charge in [-0.2, -0.15) is 0 Å². The van der Waals surface area contributed by atoms with Crippen LogP contribution in [0.15, 0.2) is 30.5 Å². The fourth-order valence-corrected chi connectivity index (χ4v) is 4.62. The normalized spacial score (nSPS) is 15.2. The maximum Gasteiger partial charge on any atom is 0.272 e. The molecule has 0 spiro atoms. The second kappa shape index (κ2) is 7.06. The van der Waals surface area contributed by atoms with E-state index in [0.29, 0.717) is 12.8 Å². The molecule has 2 N–H and O–H groups in total. The van der Waals surface area contributed by atoms with Gasteiger partial charge in [-0.25, -0.2) is 17.2 Å². The molecule has 0 saturated heterocycles. The minimum Gasteiger partial charge on any atom is -0.344 e. The van der Waals surface area contributed by atoms with Crippen molar-refractivity contribution in [3.63, 3.8) is 0 Å². The summed E-state index contributed by atoms with van der Waals surface area (Å²) in [6.45, 7) is 0. The lowest BCUT2D eigenvalue weighted by Crippen LogP contribution is -2.25. The molecule has 140 valence electrons. The quantitative estimate of drug-likeness (QED) is 0.832. The molecule has 1 heterocycles. The van der Waals surface area contributed by atoms with E-state index in [1.807, 2.05) is 0 Å². The first kappa shape index (κ1) is 18.4. The molecular formula is C17H19F2N3O3S. The summed E-state index contributed by atoms with van der Waals surface area (Å²) >= 11 is 0. The minimum atomic E-state index is -3.50. The van der Waals surface area contributed by atoms with Crippen molar-refractivity contribution in [2.24, 2.45) is 7.05 Å². The Morgan fingerprint density at radius 2 is 1.81 bits per heavy atom. The number of carbonyl (C=O) groups excluding carboxylic acids is 1. The highest BCUT2D eigenvalue weighted by Crippen LogP contribution is 2.27. The second-order valence-electron chi connectivity index (χ2n) is 6.36. The van der Waals surface area contributed by atoms with E-state index in [4.69, 9.17) is 0 Å². The molecule has 2 aromatic rings. The van der Waals surface area contributed by atoms with Crippen LogP contribution in [0.3, 0.4) is 0 Å². The van der Waals surface area contributed by atoms with Crippen LogP contribution in [0.5, 0.6) is 0 Å². The van der Waals surface area contributed by atoms with Gasteiger partial charge in [0.25, 0.3) is 5.91 Å². The zero-order valence-corrected chi connectivity index (χ0v) is 14.9. The maximum atomic E-state index is 13.2. The van der Waals surface area contributed by atoms with Gasteiger partial charge in [-0.05, 0) is 31.0 Å². The Balaban J connectivity index is 1.74. The number of rotatable bonds is 5. The lowest BCUT2D eigenvalue weighted by atomic mass is 10.3. The van der Waals surface area contributed by atoms with E-state index in [1.54, 1.807) is 7.05 Å². The van der Waals surface area contributed by atoms with Crippen LogP contribution in [-0.2, 0) is 17.1 Å². The molecule has 1 aliphatic rings. The van der Waals surface area contributed by atoms with Crippen molar-refractivity contribution in [1.29, 1.82) is 0 Å². The Labute approximate surface area is 150 Å². The Morgan fingerprint density at radius 1 is 1.12 bits per heavy atom. The van der Waals surface area contributed by atoms with Crippen molar-refractivity contribution < 1.29 is 22.0 Å². The number of halogens is 2. The number of aromatic nitrogens is 1. The van der Waals surface area contributed by atoms with Crippen LogP contribution in [0.4, 0.5) is 20.2 Å². The molecule has 0 atom stereocenters. The van der Waals surface area contributed by atoms with E-state index < -0.39 is 32.8 Å². The van der Waals surface area contributed by atoms with Gasteiger partial charge in [0.05, 0.1) is 10.9 Å². The molecule has 1 aliphatic carbocycles. The molecule has 1 aromatic heterocycles. The molecule has 0 unspecified atom stereocenters. The van der Waals surface area contributed by atoms with Crippen molar-refractivity contribution in [2.45, 2.75) is 30.9 Å². The first-order valence-electron chi connectivity index (χ1n) is 8.20. The number of sulfonamides is 1. The first-order chi connectivity index (χ1) is 12.3. The standard InChI is InChI=1S/C17H19F2N3O3S/c1-22-10-12(21-26(24,25)13-4-2-3-5-13)9-16(22)17(23)20-11-6-7-14(18)15(19)8-11/h6-10,13,21H,2-5H2,1H3,(H,20,23). The summed E-state index contributed by atoms with van der Waals surface area (Å²) in [6, 6.07) is 4.43. The number of amides is 1. The van der Waals surface area contributed by atoms with Gasteiger partial charge in [0.1, 0.15) is 5.69 Å². The number of hydrogen-bond acceptors (Lipinski definition) is 3. The van der Waals surface area contributed by atoms with Crippen LogP contribution in [0, 0.1) is 11.6 Å². The number of nitrogens with zero attached hydrogens (tertiary/aromatic N) is 1. The highest BCUT2D eigenvalue weighted by Gasteiger charge is 2.29. The van der Waals surface area contributed by atoms with Gasteiger partial charge in [0, 0.05) is 25.0 Å². The van der Waals surface area contributed by atoms with Crippen LogP contribution in [0.2, 0.25) is 0 Å². The Bertz CT molecular complexity index is 935. The summed E-state index contributed by atoms with van der Waals surface area (Å²) in [5.41, 5.74) is 0.567. The smallest absolute Gasteiger partial charge is 0.272 e. The van der Waals surface area contributed by atoms with Crippen LogP contribution in [0.1, 0.15) is 36.2 Å². The van der Waals surface area contributed by atoms with E-state index in [2.05, 4.69) is 10.0 Å². The van der Waals surface area contributed by atoms with Crippen LogP contribution >= 0.6 is 0 Å². The molecule has 0 radical (unpaired) electrons. The largest absolute Gasteiger partial charge is 0.344 e. The Hall–Kier alpha value is -2.42. The fraction of sp³-hybridized carbons (Fsp3) is 0.353. The number of carbonyl (C=O) groups is 1. The summed E-state index contributed by atoms with van der Waals surface area (Å²) in [5.74, 6) is -2.64. The molecule has 6 nitrogen and oxygen atoms in total. The van der Waals surface area contributed by atoms with E-state index in [-0.39, 0.29) is 17.1 Å². The third kappa shape index (κ3) is 3.87. The topological polar surface area (TPSA) is 80.2 Å². The lowest BCUT2D eigenvalue weighted by molar-refractivity contribution is 0.101. The van der Waals surface area contributed by atoms with Gasteiger partial charge >= 0.3 is 0 Å². The first-order valence-corrected chi connectivity index (χ1v) is 9.75. The van der Waals surface area contributed by atoms with E-state index in [0.717, 1.165) is 25.0 Å². The fourth-order valence-electron chi connectivity index (χ4n) is 3.06. The number of benzene rings is 1. The third-order valence-corrected chi connectivity index (χ3v) is 6.29. The highest BCUT2D eigenvalue weighted by atomic mass is 32.2. The van der Waals surface area contributed by atoms with Crippen LogP contribution in [-0.4, -0.2) is 24.1 Å². The molecule has 0 bridgehead atoms. The van der Waals surface area contributed by atoms with Crippen molar-refractivity contribution >= 4 is 27.3 Å². The summed E-state index contributed by atoms with van der Waals surface area (Å²) < 4.78 is 54.9. The Kier molecular flexibility index (Phi) is 4.99. The molecular weight excluding hydrogens is 364 g/mol. The molecule has 1 fully saturated rings.